The molecule has 0 bridgehead atoms. The number of ether oxygens (including phenoxy) is 1. The maximum atomic E-state index is 10.3. The van der Waals surface area contributed by atoms with Crippen molar-refractivity contribution in [2.75, 3.05) is 0 Å². The number of aliphatic hydroxyl groups excluding tert-OH is 3. The van der Waals surface area contributed by atoms with Crippen LogP contribution in [0.5, 0.6) is 0 Å². The number of aromatic nitrogens is 1. The summed E-state index contributed by atoms with van der Waals surface area (Å²) < 4.78 is 7.59. The summed E-state index contributed by atoms with van der Waals surface area (Å²) in [6.07, 6.45) is -1.89. The zero-order chi connectivity index (χ0) is 15.1. The van der Waals surface area contributed by atoms with E-state index in [0.29, 0.717) is 0 Å². The van der Waals surface area contributed by atoms with Gasteiger partial charge in [0.15, 0.2) is 6.23 Å². The molecule has 3 N–H and O–H groups in total. The molecule has 1 saturated heterocycles. The van der Waals surface area contributed by atoms with E-state index in [1.165, 1.54) is 0 Å². The van der Waals surface area contributed by atoms with Gasteiger partial charge in [0.25, 0.3) is 0 Å². The molecule has 1 aromatic heterocycles. The van der Waals surface area contributed by atoms with Crippen molar-refractivity contribution in [1.82, 2.24) is 4.57 Å². The predicted octanol–water partition coefficient (Wildman–Crippen LogP) is 2.29. The number of para-hydroxylation sites is 1. The largest absolute Gasteiger partial charge is 0.388 e. The van der Waals surface area contributed by atoms with Gasteiger partial charge in [-0.25, -0.2) is 0 Å². The van der Waals surface area contributed by atoms with Gasteiger partial charge >= 0.3 is 0 Å². The average molecular weight is 411 g/mol. The van der Waals surface area contributed by atoms with Crippen LogP contribution in [0.2, 0.25) is 0 Å². The third-order valence-electron chi connectivity index (χ3n) is 4.31. The van der Waals surface area contributed by atoms with E-state index in [-0.39, 0.29) is 47.6 Å². The number of rotatable bonds is 2. The van der Waals surface area contributed by atoms with Crippen molar-refractivity contribution in [3.05, 3.63) is 43.5 Å². The minimum Gasteiger partial charge on any atom is -0.388 e. The molecule has 1 aromatic carbocycles. The van der Waals surface area contributed by atoms with Gasteiger partial charge in [-0.3, -0.25) is 0 Å². The van der Waals surface area contributed by atoms with E-state index in [4.69, 9.17) is 4.74 Å². The first-order chi connectivity index (χ1) is 10.0. The van der Waals surface area contributed by atoms with E-state index >= 15 is 0 Å². The van der Waals surface area contributed by atoms with E-state index in [1.807, 2.05) is 35.0 Å². The van der Waals surface area contributed by atoms with Gasteiger partial charge in [-0.2, -0.15) is 0 Å². The van der Waals surface area contributed by atoms with Crippen LogP contribution in [0.1, 0.15) is 33.1 Å². The van der Waals surface area contributed by atoms with Crippen LogP contribution < -0.4 is 0 Å². The van der Waals surface area contributed by atoms with E-state index in [0.717, 1.165) is 22.9 Å². The number of fused-ring (bicyclic) bond motifs is 1. The van der Waals surface area contributed by atoms with Crippen LogP contribution in [0.3, 0.4) is 0 Å². The average Bonchev–Trinajstić information content (AvgIpc) is 2.87. The second kappa shape index (κ2) is 9.41. The summed E-state index contributed by atoms with van der Waals surface area (Å²) in [5, 5.41) is 31.2. The molecule has 2 heterocycles. The van der Waals surface area contributed by atoms with Gasteiger partial charge in [-0.1, -0.05) is 32.5 Å². The quantitative estimate of drug-likeness (QED) is 0.663. The minimum absolute atomic E-state index is 0. The molecule has 133 valence electrons. The number of aliphatic hydroxyl groups is 3. The second-order valence-corrected chi connectivity index (χ2v) is 5.64. The van der Waals surface area contributed by atoms with Crippen molar-refractivity contribution >= 4 is 10.9 Å². The zero-order valence-electron chi connectivity index (χ0n) is 13.8. The smallest absolute Gasteiger partial charge is 0.163 e. The molecule has 1 aliphatic heterocycles. The maximum absolute atomic E-state index is 10.3. The molecule has 0 aliphatic carbocycles. The van der Waals surface area contributed by atoms with Crippen LogP contribution in [0.4, 0.5) is 0 Å². The topological polar surface area (TPSA) is 74.9 Å². The van der Waals surface area contributed by atoms with Gasteiger partial charge in [-0.05, 0) is 25.0 Å². The maximum Gasteiger partial charge on any atom is 0.163 e. The molecule has 24 heavy (non-hydrogen) atoms. The number of benzene rings is 1. The Labute approximate surface area is 169 Å². The summed E-state index contributed by atoms with van der Waals surface area (Å²) >= 11 is 0. The Morgan fingerprint density at radius 2 is 1.71 bits per heavy atom. The van der Waals surface area contributed by atoms with Gasteiger partial charge < -0.3 is 32.1 Å². The fraction of sp³-hybridized carbons (Fsp3) is 0.500. The molecule has 0 spiro atoms. The van der Waals surface area contributed by atoms with E-state index < -0.39 is 30.6 Å². The Hall–Kier alpha value is -0.296. The van der Waals surface area contributed by atoms with E-state index in [2.05, 4.69) is 6.92 Å². The van der Waals surface area contributed by atoms with Gasteiger partial charge in [-0.15, -0.1) is 0 Å². The molecule has 0 saturated carbocycles. The fourth-order valence-electron chi connectivity index (χ4n) is 3.03. The number of nitrogens with zero attached hydrogens (tertiary/aromatic N) is 1. The Kier molecular flexibility index (Phi) is 9.30. The van der Waals surface area contributed by atoms with Crippen LogP contribution in [0, 0.1) is 7.43 Å². The molecular weight excluding hydrogens is 383 g/mol. The number of aryl methyl sites for hydroxylation is 1. The molecule has 5 atom stereocenters. The molecule has 1 aliphatic rings. The molecule has 5 nitrogen and oxygen atoms in total. The Morgan fingerprint density at radius 1 is 1.08 bits per heavy atom. The van der Waals surface area contributed by atoms with Gasteiger partial charge in [0, 0.05) is 44.3 Å². The molecule has 6 heteroatoms. The molecule has 0 amide bonds. The predicted molar refractivity (Wildman–Crippen MR) is 92.1 cm³/mol. The van der Waals surface area contributed by atoms with Crippen molar-refractivity contribution in [3.63, 3.8) is 0 Å². The zero-order valence-corrected chi connectivity index (χ0v) is 16.6. The van der Waals surface area contributed by atoms with Gasteiger partial charge in [0.1, 0.15) is 18.3 Å². The first kappa shape index (κ1) is 23.7. The monoisotopic (exact) mass is 411 g/mol. The molecule has 3 rings (SSSR count). The normalized spacial score (nSPS) is 29.3. The Balaban J connectivity index is 0.00000176. The second-order valence-electron chi connectivity index (χ2n) is 5.64. The number of hydrogen-bond acceptors (Lipinski definition) is 4. The third kappa shape index (κ3) is 3.92. The first-order valence-corrected chi connectivity index (χ1v) is 7.32. The molecule has 1 fully saturated rings. The van der Waals surface area contributed by atoms with Crippen molar-refractivity contribution < 1.29 is 52.8 Å². The van der Waals surface area contributed by atoms with Crippen LogP contribution in [-0.4, -0.2) is 44.3 Å². The third-order valence-corrected chi connectivity index (χ3v) is 4.31. The molecular formula is C18H28NO4Y-. The Bertz CT molecular complexity index is 645. The Morgan fingerprint density at radius 3 is 2.33 bits per heavy atom. The van der Waals surface area contributed by atoms with Gasteiger partial charge in [0.2, 0.25) is 0 Å². The molecule has 1 radical (unpaired) electrons. The SMILES string of the molecule is C.CCc1cn([C@@H]2O[C@H](C)[C@@H](O)[C@H](O)[C@H]2O)c2ccccc12.[CH3-].[Y]. The number of hydrogen-bond donors (Lipinski definition) is 3. The van der Waals surface area contributed by atoms with Crippen molar-refractivity contribution in [2.45, 2.75) is 58.3 Å². The summed E-state index contributed by atoms with van der Waals surface area (Å²) in [6, 6.07) is 7.91. The first-order valence-electron chi connectivity index (χ1n) is 7.32. The van der Waals surface area contributed by atoms with Crippen LogP contribution in [0.25, 0.3) is 10.9 Å². The summed E-state index contributed by atoms with van der Waals surface area (Å²) in [7, 11) is 0. The summed E-state index contributed by atoms with van der Waals surface area (Å²) in [4.78, 5) is 0. The van der Waals surface area contributed by atoms with Gasteiger partial charge in [0.05, 0.1) is 11.6 Å². The molecule has 0 unspecified atom stereocenters. The van der Waals surface area contributed by atoms with Crippen molar-refractivity contribution in [3.8, 4) is 0 Å². The summed E-state index contributed by atoms with van der Waals surface area (Å²) in [5.41, 5.74) is 2.11. The van der Waals surface area contributed by atoms with Crippen LogP contribution >= 0.6 is 0 Å². The standard InChI is InChI=1S/C16H21NO4.CH4.CH3.Y/c1-3-10-8-17(12-7-5-4-6-11(10)12)16-15(20)14(19)13(18)9(2)21-16;;;/h4-9,13-16,18-20H,3H2,1-2H3;1H4;1H3;/q;;-1;/t9-,13-,14+,15-,16-;;;/m1.../s1. The van der Waals surface area contributed by atoms with Crippen molar-refractivity contribution in [1.29, 1.82) is 0 Å². The van der Waals surface area contributed by atoms with Crippen LogP contribution in [-0.2, 0) is 43.9 Å². The van der Waals surface area contributed by atoms with E-state index in [1.54, 1.807) is 6.92 Å². The summed E-state index contributed by atoms with van der Waals surface area (Å²) in [5.74, 6) is 0. The van der Waals surface area contributed by atoms with Crippen molar-refractivity contribution in [2.24, 2.45) is 0 Å². The van der Waals surface area contributed by atoms with E-state index in [9.17, 15) is 15.3 Å². The summed E-state index contributed by atoms with van der Waals surface area (Å²) in [6.45, 7) is 3.77. The minimum atomic E-state index is -1.22. The van der Waals surface area contributed by atoms with Crippen LogP contribution in [0.15, 0.2) is 30.5 Å². The fourth-order valence-corrected chi connectivity index (χ4v) is 3.03. The molecule has 2 aromatic rings.